The Hall–Kier alpha value is -0.440. The van der Waals surface area contributed by atoms with Gasteiger partial charge < -0.3 is 9.47 Å². The van der Waals surface area contributed by atoms with Crippen molar-refractivity contribution in [1.29, 1.82) is 0 Å². The van der Waals surface area contributed by atoms with Gasteiger partial charge in [0.2, 0.25) is 17.8 Å². The summed E-state index contributed by atoms with van der Waals surface area (Å²) in [6.07, 6.45) is -2.76. The summed E-state index contributed by atoms with van der Waals surface area (Å²) in [6.45, 7) is 5.79. The van der Waals surface area contributed by atoms with Crippen molar-refractivity contribution in [3.63, 3.8) is 0 Å². The van der Waals surface area contributed by atoms with E-state index in [4.69, 9.17) is 19.2 Å². The predicted octanol–water partition coefficient (Wildman–Crippen LogP) is 4.80. The van der Waals surface area contributed by atoms with Gasteiger partial charge in [0.1, 0.15) is 0 Å². The third kappa shape index (κ3) is 2.71. The molecule has 0 N–H and O–H groups in total. The molecule has 2 unspecified atom stereocenters. The van der Waals surface area contributed by atoms with Crippen molar-refractivity contribution >= 4 is 11.8 Å². The lowest BCUT2D eigenvalue weighted by atomic mass is 9.59. The minimum Gasteiger partial charge on any atom is -0.456 e. The number of rotatable bonds is 3. The standard InChI is InChI=1S/C18H25F3O4S/c1-4-26-9-11-13-6-5-10(2)12-7-8-16(3)23-15(17(12,13)25-24-16)22-14(11)18(19,20)21/h10,12-13,15H,4-9H2,1-3H3/t10-,12+,13+,15-,16?,17?/m1/s1. The summed E-state index contributed by atoms with van der Waals surface area (Å²) in [7, 11) is 0. The van der Waals surface area contributed by atoms with Gasteiger partial charge in [0.05, 0.1) is 0 Å². The highest BCUT2D eigenvalue weighted by molar-refractivity contribution is 7.99. The third-order valence-corrected chi connectivity index (χ3v) is 7.30. The van der Waals surface area contributed by atoms with Crippen LogP contribution in [0.25, 0.3) is 0 Å². The Morgan fingerprint density at radius 3 is 2.65 bits per heavy atom. The predicted molar refractivity (Wildman–Crippen MR) is 90.0 cm³/mol. The first kappa shape index (κ1) is 18.9. The summed E-state index contributed by atoms with van der Waals surface area (Å²) in [5, 5.41) is 0. The molecule has 5 aliphatic rings. The largest absolute Gasteiger partial charge is 0.456 e. The monoisotopic (exact) mass is 394 g/mol. The first-order valence-electron chi connectivity index (χ1n) is 9.30. The van der Waals surface area contributed by atoms with E-state index in [9.17, 15) is 13.2 Å². The summed E-state index contributed by atoms with van der Waals surface area (Å²) in [5.41, 5.74) is -0.693. The van der Waals surface area contributed by atoms with Gasteiger partial charge in [-0.15, -0.1) is 0 Å². The highest BCUT2D eigenvalue weighted by Crippen LogP contribution is 2.61. The van der Waals surface area contributed by atoms with Crippen molar-refractivity contribution in [3.05, 3.63) is 11.3 Å². The number of halogens is 3. The maximum atomic E-state index is 13.8. The molecule has 6 atom stereocenters. The lowest BCUT2D eigenvalue weighted by molar-refractivity contribution is -0.557. The Morgan fingerprint density at radius 1 is 1.19 bits per heavy atom. The van der Waals surface area contributed by atoms with E-state index in [1.807, 2.05) is 6.92 Å². The number of ether oxygens (including phenoxy) is 2. The molecule has 1 saturated carbocycles. The maximum absolute atomic E-state index is 13.8. The molecule has 0 radical (unpaired) electrons. The van der Waals surface area contributed by atoms with Crippen LogP contribution >= 0.6 is 11.8 Å². The van der Waals surface area contributed by atoms with Crippen LogP contribution in [0.4, 0.5) is 13.2 Å². The molecule has 26 heavy (non-hydrogen) atoms. The summed E-state index contributed by atoms with van der Waals surface area (Å²) >= 11 is 1.47. The van der Waals surface area contributed by atoms with E-state index in [1.54, 1.807) is 6.92 Å². The second-order valence-corrected chi connectivity index (χ2v) is 9.24. The Balaban J connectivity index is 1.85. The molecule has 0 aromatic rings. The van der Waals surface area contributed by atoms with Gasteiger partial charge >= 0.3 is 6.18 Å². The molecule has 148 valence electrons. The molecule has 0 aromatic carbocycles. The summed E-state index contributed by atoms with van der Waals surface area (Å²) < 4.78 is 52.9. The molecular formula is C18H25F3O4S. The molecule has 0 aromatic heterocycles. The Labute approximate surface area is 155 Å². The van der Waals surface area contributed by atoms with Crippen molar-refractivity contribution in [3.8, 4) is 0 Å². The highest BCUT2D eigenvalue weighted by Gasteiger charge is 2.70. The molecule has 2 bridgehead atoms. The summed E-state index contributed by atoms with van der Waals surface area (Å²) in [6, 6.07) is 0. The van der Waals surface area contributed by atoms with Gasteiger partial charge in [-0.05, 0) is 43.4 Å². The van der Waals surface area contributed by atoms with E-state index in [0.717, 1.165) is 18.6 Å². The zero-order valence-corrected chi connectivity index (χ0v) is 16.0. The molecule has 5 rings (SSSR count). The number of hydrogen-bond acceptors (Lipinski definition) is 5. The van der Waals surface area contributed by atoms with E-state index in [1.165, 1.54) is 11.8 Å². The quantitative estimate of drug-likeness (QED) is 0.643. The third-order valence-electron chi connectivity index (χ3n) is 6.37. The zero-order chi connectivity index (χ0) is 18.7. The minimum absolute atomic E-state index is 0.0481. The van der Waals surface area contributed by atoms with Crippen molar-refractivity contribution in [2.45, 2.75) is 70.3 Å². The van der Waals surface area contributed by atoms with E-state index in [2.05, 4.69) is 6.92 Å². The SMILES string of the molecule is CCSCC1=C(C(F)(F)F)O[C@@H]2OC3(C)CC[C@H]4[C@H](C)CC[C@@H]1C24OO3. The minimum atomic E-state index is -4.54. The Kier molecular flexibility index (Phi) is 4.57. The van der Waals surface area contributed by atoms with E-state index in [0.29, 0.717) is 24.3 Å². The van der Waals surface area contributed by atoms with Gasteiger partial charge in [-0.1, -0.05) is 13.8 Å². The number of hydrogen-bond donors (Lipinski definition) is 0. The molecule has 4 fully saturated rings. The molecule has 4 nitrogen and oxygen atoms in total. The summed E-state index contributed by atoms with van der Waals surface area (Å²) in [5.74, 6) is -0.961. The van der Waals surface area contributed by atoms with Crippen LogP contribution in [0, 0.1) is 17.8 Å². The van der Waals surface area contributed by atoms with Gasteiger partial charge in [-0.25, -0.2) is 9.78 Å². The normalized spacial score (nSPS) is 45.2. The molecule has 1 spiro atoms. The molecule has 3 saturated heterocycles. The van der Waals surface area contributed by atoms with Crippen LogP contribution in [0.1, 0.15) is 46.5 Å². The lowest BCUT2D eigenvalue weighted by Gasteiger charge is -2.57. The van der Waals surface area contributed by atoms with Crippen LogP contribution in [-0.2, 0) is 19.2 Å². The molecule has 4 aliphatic heterocycles. The second-order valence-electron chi connectivity index (χ2n) is 7.96. The fraction of sp³-hybridized carbons (Fsp3) is 0.889. The van der Waals surface area contributed by atoms with E-state index >= 15 is 0 Å². The molecule has 0 amide bonds. The molecule has 8 heteroatoms. The average Bonchev–Trinajstić information content (AvgIpc) is 2.80. The molecule has 4 heterocycles. The van der Waals surface area contributed by atoms with Gasteiger partial charge in [-0.2, -0.15) is 24.9 Å². The average molecular weight is 394 g/mol. The first-order chi connectivity index (χ1) is 12.2. The number of fused-ring (bicyclic) bond motifs is 2. The molecular weight excluding hydrogens is 369 g/mol. The summed E-state index contributed by atoms with van der Waals surface area (Å²) in [4.78, 5) is 11.5. The topological polar surface area (TPSA) is 36.9 Å². The van der Waals surface area contributed by atoms with Gasteiger partial charge in [0.15, 0.2) is 5.60 Å². The van der Waals surface area contributed by atoms with Crippen molar-refractivity contribution in [2.24, 2.45) is 17.8 Å². The fourth-order valence-electron chi connectivity index (χ4n) is 5.12. The first-order valence-corrected chi connectivity index (χ1v) is 10.5. The Morgan fingerprint density at radius 2 is 1.96 bits per heavy atom. The van der Waals surface area contributed by atoms with Crippen molar-refractivity contribution < 1.29 is 32.4 Å². The smallest absolute Gasteiger partial charge is 0.449 e. The lowest BCUT2D eigenvalue weighted by Crippen LogP contribution is -2.67. The van der Waals surface area contributed by atoms with E-state index in [-0.39, 0.29) is 11.7 Å². The highest BCUT2D eigenvalue weighted by atomic mass is 32.2. The van der Waals surface area contributed by atoms with Crippen LogP contribution in [0.2, 0.25) is 0 Å². The van der Waals surface area contributed by atoms with Crippen LogP contribution < -0.4 is 0 Å². The van der Waals surface area contributed by atoms with Gasteiger partial charge in [0.25, 0.3) is 0 Å². The second kappa shape index (κ2) is 6.29. The Bertz CT molecular complexity index is 610. The van der Waals surface area contributed by atoms with Gasteiger partial charge in [0, 0.05) is 24.0 Å². The number of thioether (sulfide) groups is 1. The fourth-order valence-corrected chi connectivity index (χ4v) is 5.87. The van der Waals surface area contributed by atoms with Gasteiger partial charge in [-0.3, -0.25) is 0 Å². The molecule has 1 aliphatic carbocycles. The number of alkyl halides is 3. The van der Waals surface area contributed by atoms with E-state index < -0.39 is 35.5 Å². The van der Waals surface area contributed by atoms with Crippen LogP contribution in [0.5, 0.6) is 0 Å². The van der Waals surface area contributed by atoms with Crippen LogP contribution in [0.15, 0.2) is 11.3 Å². The van der Waals surface area contributed by atoms with Crippen LogP contribution in [-0.4, -0.2) is 35.4 Å². The maximum Gasteiger partial charge on any atom is 0.449 e. The van der Waals surface area contributed by atoms with Crippen molar-refractivity contribution in [1.82, 2.24) is 0 Å². The zero-order valence-electron chi connectivity index (χ0n) is 15.2. The van der Waals surface area contributed by atoms with Crippen molar-refractivity contribution in [2.75, 3.05) is 11.5 Å². The number of allylic oxidation sites excluding steroid dienone is 1. The van der Waals surface area contributed by atoms with Crippen LogP contribution in [0.3, 0.4) is 0 Å².